The molecule has 4 atom stereocenters. The van der Waals surface area contributed by atoms with Crippen molar-refractivity contribution in [3.8, 4) is 0 Å². The van der Waals surface area contributed by atoms with Gasteiger partial charge in [-0.05, 0) is 33.4 Å². The molecule has 140 valence electrons. The Morgan fingerprint density at radius 1 is 1.38 bits per heavy atom. The van der Waals surface area contributed by atoms with Gasteiger partial charge in [0.2, 0.25) is 5.95 Å². The second-order valence-electron chi connectivity index (χ2n) is 7.03. The number of rotatable bonds is 4. The van der Waals surface area contributed by atoms with Crippen LogP contribution in [0.4, 0.5) is 11.8 Å². The van der Waals surface area contributed by atoms with E-state index in [-0.39, 0.29) is 30.2 Å². The van der Waals surface area contributed by atoms with Crippen molar-refractivity contribution in [1.29, 1.82) is 0 Å². The third-order valence-corrected chi connectivity index (χ3v) is 4.75. The summed E-state index contributed by atoms with van der Waals surface area (Å²) in [6, 6.07) is 1.83. The van der Waals surface area contributed by atoms with Gasteiger partial charge in [0, 0.05) is 6.20 Å². The van der Waals surface area contributed by atoms with Crippen LogP contribution < -0.4 is 11.5 Å². The molecule has 2 aliphatic heterocycles. The number of anilines is 2. The fourth-order valence-corrected chi connectivity index (χ4v) is 3.61. The van der Waals surface area contributed by atoms with E-state index in [1.807, 2.05) is 37.6 Å². The number of nitrogen functional groups attached to an aromatic ring is 2. The fourth-order valence-electron chi connectivity index (χ4n) is 3.61. The molecule has 26 heavy (non-hydrogen) atoms. The van der Waals surface area contributed by atoms with Crippen LogP contribution >= 0.6 is 0 Å². The van der Waals surface area contributed by atoms with Gasteiger partial charge in [0.05, 0.1) is 18.1 Å². The molecular formula is C17H23N5O4. The topological polar surface area (TPSA) is 120 Å². The van der Waals surface area contributed by atoms with Gasteiger partial charge in [-0.1, -0.05) is 0 Å². The zero-order chi connectivity index (χ0) is 18.6. The molecule has 2 aromatic heterocycles. The Balaban J connectivity index is 1.75. The van der Waals surface area contributed by atoms with Gasteiger partial charge in [-0.15, -0.1) is 0 Å². The van der Waals surface area contributed by atoms with Crippen LogP contribution in [0.2, 0.25) is 0 Å². The molecule has 9 nitrogen and oxygen atoms in total. The van der Waals surface area contributed by atoms with Crippen LogP contribution in [-0.4, -0.2) is 45.1 Å². The molecule has 4 rings (SSSR count). The molecule has 0 saturated carbocycles. The van der Waals surface area contributed by atoms with E-state index < -0.39 is 11.8 Å². The fraction of sp³-hybridized carbons (Fsp3) is 0.529. The van der Waals surface area contributed by atoms with Gasteiger partial charge in [0.25, 0.3) is 5.95 Å². The molecule has 0 aliphatic carbocycles. The number of fused-ring (bicyclic) bond motifs is 2. The van der Waals surface area contributed by atoms with E-state index in [2.05, 4.69) is 16.5 Å². The van der Waals surface area contributed by atoms with Crippen molar-refractivity contribution in [2.24, 2.45) is 0 Å². The standard InChI is InChI=1S/C17H23N5O4/c1-8(2)23-7-11-12-17(4,26-9(3)24-12)15(25-11)22-6-5-10-13(18)20-16(19)21-14(10)22/h5-6,8,11-12,15H,3,7H2,1-2,4H3,(H4,18,19,20,21)/t11-,12-,15-,17-/m1/s1. The molecule has 0 bridgehead atoms. The van der Waals surface area contributed by atoms with Crippen LogP contribution in [0, 0.1) is 0 Å². The van der Waals surface area contributed by atoms with Crippen molar-refractivity contribution in [3.63, 3.8) is 0 Å². The first-order valence-electron chi connectivity index (χ1n) is 8.50. The molecule has 2 aromatic rings. The minimum Gasteiger partial charge on any atom is -0.455 e. The summed E-state index contributed by atoms with van der Waals surface area (Å²) in [7, 11) is 0. The Kier molecular flexibility index (Phi) is 3.74. The minimum atomic E-state index is -0.789. The van der Waals surface area contributed by atoms with Crippen molar-refractivity contribution < 1.29 is 18.9 Å². The lowest BCUT2D eigenvalue weighted by Gasteiger charge is -2.27. The Hall–Kier alpha value is -2.52. The van der Waals surface area contributed by atoms with Gasteiger partial charge < -0.3 is 35.0 Å². The van der Waals surface area contributed by atoms with Crippen LogP contribution in [-0.2, 0) is 18.9 Å². The first-order chi connectivity index (χ1) is 12.3. The maximum atomic E-state index is 6.27. The van der Waals surface area contributed by atoms with Gasteiger partial charge >= 0.3 is 0 Å². The van der Waals surface area contributed by atoms with Crippen LogP contribution in [0.5, 0.6) is 0 Å². The second-order valence-corrected chi connectivity index (χ2v) is 7.03. The molecule has 2 fully saturated rings. The van der Waals surface area contributed by atoms with Crippen molar-refractivity contribution in [2.45, 2.75) is 50.9 Å². The monoisotopic (exact) mass is 361 g/mol. The highest BCUT2D eigenvalue weighted by Crippen LogP contribution is 2.49. The highest BCUT2D eigenvalue weighted by Gasteiger charge is 2.62. The summed E-state index contributed by atoms with van der Waals surface area (Å²) in [4.78, 5) is 8.33. The lowest BCUT2D eigenvalue weighted by molar-refractivity contribution is -0.114. The first-order valence-corrected chi connectivity index (χ1v) is 8.50. The van der Waals surface area contributed by atoms with Crippen LogP contribution in [0.15, 0.2) is 24.8 Å². The largest absolute Gasteiger partial charge is 0.455 e. The minimum absolute atomic E-state index is 0.0779. The van der Waals surface area contributed by atoms with Gasteiger partial charge in [-0.3, -0.25) is 0 Å². The number of hydrogen-bond donors (Lipinski definition) is 2. The summed E-state index contributed by atoms with van der Waals surface area (Å²) in [5.74, 6) is 0.687. The van der Waals surface area contributed by atoms with E-state index in [1.54, 1.807) is 0 Å². The molecule has 4 N–H and O–H groups in total. The normalized spacial score (nSPS) is 30.6. The van der Waals surface area contributed by atoms with E-state index in [1.165, 1.54) is 0 Å². The third kappa shape index (κ3) is 2.46. The summed E-state index contributed by atoms with van der Waals surface area (Å²) >= 11 is 0. The van der Waals surface area contributed by atoms with E-state index >= 15 is 0 Å². The highest BCUT2D eigenvalue weighted by atomic mass is 16.8. The predicted octanol–water partition coefficient (Wildman–Crippen LogP) is 1.56. The molecule has 2 saturated heterocycles. The molecule has 4 heterocycles. The van der Waals surface area contributed by atoms with Crippen LogP contribution in [0.25, 0.3) is 11.0 Å². The van der Waals surface area contributed by atoms with Crippen molar-refractivity contribution in [1.82, 2.24) is 14.5 Å². The lowest BCUT2D eigenvalue weighted by Crippen LogP contribution is -2.42. The van der Waals surface area contributed by atoms with E-state index in [0.717, 1.165) is 0 Å². The van der Waals surface area contributed by atoms with Gasteiger partial charge in [-0.25, -0.2) is 0 Å². The average Bonchev–Trinajstić information content (AvgIpc) is 3.15. The summed E-state index contributed by atoms with van der Waals surface area (Å²) < 4.78 is 25.6. The van der Waals surface area contributed by atoms with Crippen molar-refractivity contribution >= 4 is 22.8 Å². The van der Waals surface area contributed by atoms with Crippen LogP contribution in [0.1, 0.15) is 27.0 Å². The van der Waals surface area contributed by atoms with Crippen LogP contribution in [0.3, 0.4) is 0 Å². The smallest absolute Gasteiger partial charge is 0.272 e. The number of hydrogen-bond acceptors (Lipinski definition) is 8. The summed E-state index contributed by atoms with van der Waals surface area (Å²) in [5, 5.41) is 0.697. The molecule has 0 radical (unpaired) electrons. The average molecular weight is 361 g/mol. The predicted molar refractivity (Wildman–Crippen MR) is 94.9 cm³/mol. The van der Waals surface area contributed by atoms with E-state index in [4.69, 9.17) is 30.4 Å². The summed E-state index contributed by atoms with van der Waals surface area (Å²) in [5.41, 5.74) is 11.5. The summed E-state index contributed by atoms with van der Waals surface area (Å²) in [6.45, 7) is 10.0. The molecule has 2 aliphatic rings. The Bertz CT molecular complexity index is 866. The van der Waals surface area contributed by atoms with E-state index in [9.17, 15) is 0 Å². The molecule has 0 unspecified atom stereocenters. The van der Waals surface area contributed by atoms with Gasteiger partial charge in [0.1, 0.15) is 17.6 Å². The SMILES string of the molecule is C=C1O[C@@H]2[C@@H](COC(C)C)O[C@@H](n3ccc4c(N)nc(N)nc43)[C@]2(C)O1. The maximum absolute atomic E-state index is 6.27. The first kappa shape index (κ1) is 16.9. The zero-order valence-corrected chi connectivity index (χ0v) is 15.0. The second kappa shape index (κ2) is 5.75. The van der Waals surface area contributed by atoms with E-state index in [0.29, 0.717) is 23.5 Å². The Morgan fingerprint density at radius 3 is 2.88 bits per heavy atom. The molecule has 0 spiro atoms. The molecule has 9 heteroatoms. The van der Waals surface area contributed by atoms with Gasteiger partial charge in [-0.2, -0.15) is 9.97 Å². The Morgan fingerprint density at radius 2 is 2.15 bits per heavy atom. The Labute approximate surface area is 150 Å². The quantitative estimate of drug-likeness (QED) is 0.842. The maximum Gasteiger partial charge on any atom is 0.272 e. The lowest BCUT2D eigenvalue weighted by atomic mass is 9.96. The van der Waals surface area contributed by atoms with Crippen molar-refractivity contribution in [2.75, 3.05) is 18.1 Å². The zero-order valence-electron chi connectivity index (χ0n) is 15.0. The molecule has 0 amide bonds. The van der Waals surface area contributed by atoms with Gasteiger partial charge in [0.15, 0.2) is 17.9 Å². The number of nitrogens with zero attached hydrogens (tertiary/aromatic N) is 3. The number of ether oxygens (including phenoxy) is 4. The summed E-state index contributed by atoms with van der Waals surface area (Å²) in [6.07, 6.45) is 0.722. The molecule has 0 aromatic carbocycles. The third-order valence-electron chi connectivity index (χ3n) is 4.75. The number of aromatic nitrogens is 3. The highest BCUT2D eigenvalue weighted by molar-refractivity contribution is 5.87. The van der Waals surface area contributed by atoms with Crippen molar-refractivity contribution in [3.05, 3.63) is 24.8 Å². The molecular weight excluding hydrogens is 338 g/mol. The number of nitrogens with two attached hydrogens (primary N) is 2.